The molecule has 112 valence electrons. The van der Waals surface area contributed by atoms with Gasteiger partial charge in [0.05, 0.1) is 7.11 Å². The van der Waals surface area contributed by atoms with Crippen molar-refractivity contribution in [1.29, 1.82) is 0 Å². The van der Waals surface area contributed by atoms with Crippen LogP contribution in [0.5, 0.6) is 0 Å². The predicted molar refractivity (Wildman–Crippen MR) is 84.4 cm³/mol. The maximum atomic E-state index is 11.1. The number of benzene rings is 1. The third-order valence-electron chi connectivity index (χ3n) is 4.68. The number of hydrogen-bond donors (Lipinski definition) is 2. The van der Waals surface area contributed by atoms with Crippen molar-refractivity contribution in [3.8, 4) is 0 Å². The second-order valence-corrected chi connectivity index (χ2v) is 6.07. The summed E-state index contributed by atoms with van der Waals surface area (Å²) in [6, 6.07) is 8.21. The molecule has 0 aliphatic heterocycles. The van der Waals surface area contributed by atoms with Crippen LogP contribution in [-0.2, 0) is 4.74 Å². The predicted octanol–water partition coefficient (Wildman–Crippen LogP) is 3.88. The molecule has 4 unspecified atom stereocenters. The highest BCUT2D eigenvalue weighted by Crippen LogP contribution is 2.45. The average Bonchev–Trinajstić information content (AvgIpc) is 3.12. The number of nitrogens with one attached hydrogen (secondary N) is 2. The Bertz CT molecular complexity index is 538. The number of fused-ring (bicyclic) bond motifs is 2. The van der Waals surface area contributed by atoms with Gasteiger partial charge in [-0.25, -0.2) is 4.79 Å². The summed E-state index contributed by atoms with van der Waals surface area (Å²) in [5.41, 5.74) is 1.83. The molecule has 0 heterocycles. The lowest BCUT2D eigenvalue weighted by atomic mass is 9.87. The molecule has 4 heteroatoms. The van der Waals surface area contributed by atoms with E-state index >= 15 is 0 Å². The molecule has 4 nitrogen and oxygen atoms in total. The first kappa shape index (κ1) is 14.0. The number of ether oxygens (including phenoxy) is 1. The van der Waals surface area contributed by atoms with Gasteiger partial charge in [0.15, 0.2) is 0 Å². The number of anilines is 2. The zero-order chi connectivity index (χ0) is 14.8. The molecule has 2 bridgehead atoms. The van der Waals surface area contributed by atoms with Gasteiger partial charge in [-0.05, 0) is 61.8 Å². The van der Waals surface area contributed by atoms with Crippen LogP contribution in [0.2, 0.25) is 0 Å². The summed E-state index contributed by atoms with van der Waals surface area (Å²) in [6.07, 6.45) is 6.95. The van der Waals surface area contributed by atoms with Crippen LogP contribution in [0.1, 0.15) is 19.8 Å². The molecule has 4 atom stereocenters. The van der Waals surface area contributed by atoms with E-state index in [2.05, 4.69) is 34.4 Å². The van der Waals surface area contributed by atoms with E-state index in [1.807, 2.05) is 24.3 Å². The van der Waals surface area contributed by atoms with Crippen molar-refractivity contribution in [2.45, 2.75) is 25.8 Å². The van der Waals surface area contributed by atoms with E-state index in [4.69, 9.17) is 0 Å². The van der Waals surface area contributed by atoms with E-state index in [1.165, 1.54) is 20.0 Å². The summed E-state index contributed by atoms with van der Waals surface area (Å²) in [7, 11) is 1.36. The summed E-state index contributed by atoms with van der Waals surface area (Å²) in [5.74, 6) is 2.28. The van der Waals surface area contributed by atoms with Crippen LogP contribution >= 0.6 is 0 Å². The van der Waals surface area contributed by atoms with Crippen molar-refractivity contribution < 1.29 is 9.53 Å². The summed E-state index contributed by atoms with van der Waals surface area (Å²) in [5, 5.41) is 6.24. The molecular formula is C17H22N2O2. The van der Waals surface area contributed by atoms with Gasteiger partial charge in [0.2, 0.25) is 0 Å². The molecule has 1 aromatic rings. The van der Waals surface area contributed by atoms with E-state index in [0.29, 0.717) is 6.04 Å². The minimum atomic E-state index is -0.446. The molecule has 2 aliphatic rings. The lowest BCUT2D eigenvalue weighted by molar-refractivity contribution is 0.187. The van der Waals surface area contributed by atoms with Crippen LogP contribution in [-0.4, -0.2) is 19.2 Å². The van der Waals surface area contributed by atoms with Crippen molar-refractivity contribution in [3.63, 3.8) is 0 Å². The summed E-state index contributed by atoms with van der Waals surface area (Å²) in [4.78, 5) is 11.1. The van der Waals surface area contributed by atoms with Crippen LogP contribution in [0.3, 0.4) is 0 Å². The van der Waals surface area contributed by atoms with Gasteiger partial charge in [-0.3, -0.25) is 5.32 Å². The molecule has 1 fully saturated rings. The summed E-state index contributed by atoms with van der Waals surface area (Å²) < 4.78 is 4.57. The Morgan fingerprint density at radius 3 is 2.48 bits per heavy atom. The first-order valence-electron chi connectivity index (χ1n) is 7.55. The smallest absolute Gasteiger partial charge is 0.411 e. The summed E-state index contributed by atoms with van der Waals surface area (Å²) >= 11 is 0. The van der Waals surface area contributed by atoms with Crippen molar-refractivity contribution in [2.24, 2.45) is 17.8 Å². The van der Waals surface area contributed by atoms with Gasteiger partial charge in [-0.1, -0.05) is 12.2 Å². The first-order chi connectivity index (χ1) is 10.2. The monoisotopic (exact) mass is 286 g/mol. The van der Waals surface area contributed by atoms with Crippen LogP contribution < -0.4 is 10.6 Å². The molecule has 0 aromatic heterocycles. The van der Waals surface area contributed by atoms with E-state index in [-0.39, 0.29) is 0 Å². The minimum Gasteiger partial charge on any atom is -0.453 e. The zero-order valence-electron chi connectivity index (χ0n) is 12.5. The van der Waals surface area contributed by atoms with E-state index in [9.17, 15) is 4.79 Å². The molecule has 1 amide bonds. The lowest BCUT2D eigenvalue weighted by Gasteiger charge is -2.27. The fraction of sp³-hybridized carbons (Fsp3) is 0.471. The quantitative estimate of drug-likeness (QED) is 0.826. The molecule has 2 aliphatic carbocycles. The Morgan fingerprint density at radius 2 is 1.90 bits per heavy atom. The van der Waals surface area contributed by atoms with Gasteiger partial charge in [0.1, 0.15) is 0 Å². The molecule has 1 saturated carbocycles. The number of methoxy groups -OCH3 is 1. The van der Waals surface area contributed by atoms with Crippen LogP contribution in [0.25, 0.3) is 0 Å². The maximum Gasteiger partial charge on any atom is 0.411 e. The SMILES string of the molecule is COC(=O)Nc1ccc(NC(C)C2CC3C=CC2C3)cc1. The molecular weight excluding hydrogens is 264 g/mol. The topological polar surface area (TPSA) is 50.4 Å². The molecule has 3 rings (SSSR count). The average molecular weight is 286 g/mol. The largest absolute Gasteiger partial charge is 0.453 e. The maximum absolute atomic E-state index is 11.1. The molecule has 21 heavy (non-hydrogen) atoms. The highest BCUT2D eigenvalue weighted by atomic mass is 16.5. The van der Waals surface area contributed by atoms with Crippen LogP contribution in [0.4, 0.5) is 16.2 Å². The fourth-order valence-corrected chi connectivity index (χ4v) is 3.59. The Labute approximate surface area is 125 Å². The number of hydrogen-bond acceptors (Lipinski definition) is 3. The Hall–Kier alpha value is -1.97. The summed E-state index contributed by atoms with van der Waals surface area (Å²) in [6.45, 7) is 2.26. The van der Waals surface area contributed by atoms with Gasteiger partial charge >= 0.3 is 6.09 Å². The van der Waals surface area contributed by atoms with Crippen molar-refractivity contribution >= 4 is 17.5 Å². The molecule has 0 radical (unpaired) electrons. The highest BCUT2D eigenvalue weighted by molar-refractivity contribution is 5.84. The zero-order valence-corrected chi connectivity index (χ0v) is 12.5. The van der Waals surface area contributed by atoms with E-state index < -0.39 is 6.09 Å². The standard InChI is InChI=1S/C17H22N2O2/c1-11(16-10-12-3-4-13(16)9-12)18-14-5-7-15(8-6-14)19-17(20)21-2/h3-8,11-13,16,18H,9-10H2,1-2H3,(H,19,20). The van der Waals surface area contributed by atoms with Gasteiger partial charge in [0, 0.05) is 17.4 Å². The van der Waals surface area contributed by atoms with Crippen molar-refractivity contribution in [2.75, 3.05) is 17.7 Å². The van der Waals surface area contributed by atoms with Crippen molar-refractivity contribution in [3.05, 3.63) is 36.4 Å². The van der Waals surface area contributed by atoms with Gasteiger partial charge < -0.3 is 10.1 Å². The van der Waals surface area contributed by atoms with E-state index in [0.717, 1.165) is 29.1 Å². The van der Waals surface area contributed by atoms with Crippen LogP contribution in [0, 0.1) is 17.8 Å². The second kappa shape index (κ2) is 5.80. The third kappa shape index (κ3) is 3.04. The second-order valence-electron chi connectivity index (χ2n) is 6.07. The third-order valence-corrected chi connectivity index (χ3v) is 4.68. The fourth-order valence-electron chi connectivity index (χ4n) is 3.59. The highest BCUT2D eigenvalue weighted by Gasteiger charge is 2.38. The number of carbonyl (C=O) groups excluding carboxylic acids is 1. The number of rotatable bonds is 4. The van der Waals surface area contributed by atoms with Crippen LogP contribution in [0.15, 0.2) is 36.4 Å². The molecule has 2 N–H and O–H groups in total. The lowest BCUT2D eigenvalue weighted by Crippen LogP contribution is -2.28. The van der Waals surface area contributed by atoms with Crippen molar-refractivity contribution in [1.82, 2.24) is 0 Å². The van der Waals surface area contributed by atoms with Gasteiger partial charge in [0.25, 0.3) is 0 Å². The van der Waals surface area contributed by atoms with E-state index in [1.54, 1.807) is 0 Å². The minimum absolute atomic E-state index is 0.446. The first-order valence-corrected chi connectivity index (χ1v) is 7.55. The molecule has 0 spiro atoms. The van der Waals surface area contributed by atoms with Gasteiger partial charge in [-0.15, -0.1) is 0 Å². The molecule has 1 aromatic carbocycles. The Balaban J connectivity index is 1.57. The molecule has 0 saturated heterocycles. The number of carbonyl (C=O) groups is 1. The Morgan fingerprint density at radius 1 is 1.19 bits per heavy atom. The number of allylic oxidation sites excluding steroid dienone is 2. The number of amides is 1. The van der Waals surface area contributed by atoms with Gasteiger partial charge in [-0.2, -0.15) is 0 Å². The normalized spacial score (nSPS) is 27.4. The Kier molecular flexibility index (Phi) is 3.86.